The van der Waals surface area contributed by atoms with Crippen LogP contribution in [0.2, 0.25) is 0 Å². The van der Waals surface area contributed by atoms with E-state index in [9.17, 15) is 9.90 Å². The van der Waals surface area contributed by atoms with E-state index in [1.54, 1.807) is 24.3 Å². The molecule has 0 saturated carbocycles. The average Bonchev–Trinajstić information content (AvgIpc) is 2.64. The molecule has 2 aromatic rings. The number of amides is 1. The maximum atomic E-state index is 12.0. The number of rotatable bonds is 6. The quantitative estimate of drug-likeness (QED) is 0.612. The Morgan fingerprint density at radius 2 is 2.04 bits per heavy atom. The van der Waals surface area contributed by atoms with E-state index in [1.807, 2.05) is 13.0 Å². The van der Waals surface area contributed by atoms with E-state index in [-0.39, 0.29) is 18.1 Å². The van der Waals surface area contributed by atoms with E-state index < -0.39 is 0 Å². The summed E-state index contributed by atoms with van der Waals surface area (Å²) in [7, 11) is 0. The number of hydrogen-bond donors (Lipinski definition) is 2. The number of phenols is 1. The van der Waals surface area contributed by atoms with Gasteiger partial charge in [-0.1, -0.05) is 6.07 Å². The lowest BCUT2D eigenvalue weighted by Gasteiger charge is -2.18. The van der Waals surface area contributed by atoms with Crippen LogP contribution in [0.3, 0.4) is 0 Å². The molecule has 2 aromatic carbocycles. The summed E-state index contributed by atoms with van der Waals surface area (Å²) >= 11 is 0. The van der Waals surface area contributed by atoms with Crippen LogP contribution < -0.4 is 19.6 Å². The zero-order valence-corrected chi connectivity index (χ0v) is 14.4. The summed E-state index contributed by atoms with van der Waals surface area (Å²) in [6.07, 6.45) is 1.66. The number of hydrogen-bond acceptors (Lipinski definition) is 6. The van der Waals surface area contributed by atoms with Gasteiger partial charge in [0.15, 0.2) is 23.0 Å². The lowest BCUT2D eigenvalue weighted by Crippen LogP contribution is -2.20. The molecule has 0 bridgehead atoms. The number of aromatic hydroxyl groups is 1. The SMILES string of the molecule is CCOc1cc(/C=N/NC(=O)Cc2ccc3c(c2)OCCO3)ccc1O. The van der Waals surface area contributed by atoms with Crippen molar-refractivity contribution in [3.05, 3.63) is 47.5 Å². The number of benzene rings is 2. The second-order valence-electron chi connectivity index (χ2n) is 5.61. The maximum absolute atomic E-state index is 12.0. The molecule has 3 rings (SSSR count). The monoisotopic (exact) mass is 356 g/mol. The van der Waals surface area contributed by atoms with Crippen LogP contribution in [-0.4, -0.2) is 37.0 Å². The molecule has 0 radical (unpaired) electrons. The van der Waals surface area contributed by atoms with Crippen molar-refractivity contribution in [3.8, 4) is 23.0 Å². The summed E-state index contributed by atoms with van der Waals surface area (Å²) in [6.45, 7) is 3.31. The Morgan fingerprint density at radius 3 is 2.85 bits per heavy atom. The zero-order valence-electron chi connectivity index (χ0n) is 14.4. The molecular weight excluding hydrogens is 336 g/mol. The molecule has 1 aliphatic rings. The highest BCUT2D eigenvalue weighted by Crippen LogP contribution is 2.30. The Labute approximate surface area is 151 Å². The maximum Gasteiger partial charge on any atom is 0.244 e. The molecular formula is C19H20N2O5. The van der Waals surface area contributed by atoms with Crippen molar-refractivity contribution < 1.29 is 24.1 Å². The fourth-order valence-electron chi connectivity index (χ4n) is 2.48. The fourth-order valence-corrected chi connectivity index (χ4v) is 2.48. The number of phenolic OH excluding ortho intramolecular Hbond substituents is 1. The number of hydrazone groups is 1. The van der Waals surface area contributed by atoms with Gasteiger partial charge in [0, 0.05) is 0 Å². The van der Waals surface area contributed by atoms with Crippen LogP contribution in [0, 0.1) is 0 Å². The third kappa shape index (κ3) is 4.44. The Morgan fingerprint density at radius 1 is 1.23 bits per heavy atom. The molecule has 0 aromatic heterocycles. The Kier molecular flexibility index (Phi) is 5.58. The molecule has 0 atom stereocenters. The number of nitrogens with zero attached hydrogens (tertiary/aromatic N) is 1. The van der Waals surface area contributed by atoms with Crippen LogP contribution in [0.5, 0.6) is 23.0 Å². The molecule has 136 valence electrons. The summed E-state index contributed by atoms with van der Waals surface area (Å²) in [5.41, 5.74) is 3.99. The Bertz CT molecular complexity index is 820. The van der Waals surface area contributed by atoms with Gasteiger partial charge in [-0.2, -0.15) is 5.10 Å². The van der Waals surface area contributed by atoms with E-state index in [4.69, 9.17) is 14.2 Å². The molecule has 0 fully saturated rings. The van der Waals surface area contributed by atoms with E-state index in [0.717, 1.165) is 5.56 Å². The molecule has 1 aliphatic heterocycles. The minimum atomic E-state index is -0.248. The first-order valence-electron chi connectivity index (χ1n) is 8.32. The minimum Gasteiger partial charge on any atom is -0.504 e. The smallest absolute Gasteiger partial charge is 0.244 e. The second kappa shape index (κ2) is 8.24. The van der Waals surface area contributed by atoms with E-state index >= 15 is 0 Å². The van der Waals surface area contributed by atoms with Gasteiger partial charge >= 0.3 is 0 Å². The van der Waals surface area contributed by atoms with Crippen molar-refractivity contribution in [2.75, 3.05) is 19.8 Å². The Balaban J connectivity index is 1.57. The summed E-state index contributed by atoms with van der Waals surface area (Å²) in [4.78, 5) is 12.0. The van der Waals surface area contributed by atoms with Crippen molar-refractivity contribution in [1.82, 2.24) is 5.43 Å². The van der Waals surface area contributed by atoms with Crippen molar-refractivity contribution in [3.63, 3.8) is 0 Å². The predicted octanol–water partition coefficient (Wildman–Crippen LogP) is 2.25. The molecule has 7 nitrogen and oxygen atoms in total. The van der Waals surface area contributed by atoms with Crippen LogP contribution >= 0.6 is 0 Å². The molecule has 0 unspecified atom stereocenters. The molecule has 1 heterocycles. The lowest BCUT2D eigenvalue weighted by atomic mass is 10.1. The van der Waals surface area contributed by atoms with Gasteiger partial charge in [0.2, 0.25) is 5.91 Å². The first kappa shape index (κ1) is 17.6. The van der Waals surface area contributed by atoms with Crippen LogP contribution in [0.4, 0.5) is 0 Å². The van der Waals surface area contributed by atoms with Crippen molar-refractivity contribution >= 4 is 12.1 Å². The van der Waals surface area contributed by atoms with E-state index in [1.165, 1.54) is 12.3 Å². The van der Waals surface area contributed by atoms with Crippen LogP contribution in [-0.2, 0) is 11.2 Å². The summed E-state index contributed by atoms with van der Waals surface area (Å²) in [5.74, 6) is 1.53. The lowest BCUT2D eigenvalue weighted by molar-refractivity contribution is -0.120. The molecule has 0 saturated heterocycles. The van der Waals surface area contributed by atoms with Crippen molar-refractivity contribution in [1.29, 1.82) is 0 Å². The van der Waals surface area contributed by atoms with Gasteiger partial charge in [0.25, 0.3) is 0 Å². The molecule has 26 heavy (non-hydrogen) atoms. The molecule has 0 aliphatic carbocycles. The third-order valence-corrected chi connectivity index (χ3v) is 3.66. The van der Waals surface area contributed by atoms with Crippen molar-refractivity contribution in [2.24, 2.45) is 5.10 Å². The first-order valence-corrected chi connectivity index (χ1v) is 8.32. The zero-order chi connectivity index (χ0) is 18.4. The highest BCUT2D eigenvalue weighted by atomic mass is 16.6. The van der Waals surface area contributed by atoms with Gasteiger partial charge in [-0.25, -0.2) is 5.43 Å². The van der Waals surface area contributed by atoms with Gasteiger partial charge in [-0.05, 0) is 48.4 Å². The first-order chi connectivity index (χ1) is 12.7. The number of carbonyl (C=O) groups is 1. The average molecular weight is 356 g/mol. The second-order valence-corrected chi connectivity index (χ2v) is 5.61. The van der Waals surface area contributed by atoms with Gasteiger partial charge in [0.1, 0.15) is 13.2 Å². The molecule has 1 amide bonds. The molecule has 2 N–H and O–H groups in total. The molecule has 0 spiro atoms. The fraction of sp³-hybridized carbons (Fsp3) is 0.263. The summed E-state index contributed by atoms with van der Waals surface area (Å²) < 4.78 is 16.3. The number of carbonyl (C=O) groups excluding carboxylic acids is 1. The van der Waals surface area contributed by atoms with E-state index in [0.29, 0.717) is 42.6 Å². The van der Waals surface area contributed by atoms with Crippen LogP contribution in [0.1, 0.15) is 18.1 Å². The number of nitrogens with one attached hydrogen (secondary N) is 1. The van der Waals surface area contributed by atoms with Gasteiger partial charge in [-0.3, -0.25) is 4.79 Å². The van der Waals surface area contributed by atoms with Crippen LogP contribution in [0.25, 0.3) is 0 Å². The van der Waals surface area contributed by atoms with Gasteiger partial charge in [-0.15, -0.1) is 0 Å². The van der Waals surface area contributed by atoms with E-state index in [2.05, 4.69) is 10.5 Å². The summed E-state index contributed by atoms with van der Waals surface area (Å²) in [5, 5.41) is 13.6. The largest absolute Gasteiger partial charge is 0.504 e. The van der Waals surface area contributed by atoms with Crippen molar-refractivity contribution in [2.45, 2.75) is 13.3 Å². The summed E-state index contributed by atoms with van der Waals surface area (Å²) in [6, 6.07) is 10.3. The normalized spacial score (nSPS) is 12.8. The third-order valence-electron chi connectivity index (χ3n) is 3.66. The number of fused-ring (bicyclic) bond motifs is 1. The standard InChI is InChI=1S/C19H20N2O5/c1-2-24-17-10-14(3-5-15(17)22)12-20-21-19(23)11-13-4-6-16-18(9-13)26-8-7-25-16/h3-6,9-10,12,22H,2,7-8,11H2,1H3,(H,21,23)/b20-12+. The topological polar surface area (TPSA) is 89.4 Å². The van der Waals surface area contributed by atoms with Gasteiger partial charge in [0.05, 0.1) is 19.2 Å². The number of ether oxygens (including phenoxy) is 3. The minimum absolute atomic E-state index is 0.0617. The highest BCUT2D eigenvalue weighted by molar-refractivity contribution is 5.84. The Hall–Kier alpha value is -3.22. The van der Waals surface area contributed by atoms with Crippen LogP contribution in [0.15, 0.2) is 41.5 Å². The molecule has 7 heteroatoms. The predicted molar refractivity (Wildman–Crippen MR) is 96.1 cm³/mol. The van der Waals surface area contributed by atoms with Gasteiger partial charge < -0.3 is 19.3 Å². The highest BCUT2D eigenvalue weighted by Gasteiger charge is 2.13.